The zero-order chi connectivity index (χ0) is 15.1. The number of hydrogen-bond donors (Lipinski definition) is 2. The van der Waals surface area contributed by atoms with E-state index >= 15 is 0 Å². The summed E-state index contributed by atoms with van der Waals surface area (Å²) < 4.78 is 5.89. The number of rotatable bonds is 8. The molecular weight excluding hydrogens is 262 g/mol. The summed E-state index contributed by atoms with van der Waals surface area (Å²) in [5, 5.41) is 13.0. The molecule has 0 aliphatic rings. The first kappa shape index (κ1) is 15.3. The zero-order valence-corrected chi connectivity index (χ0v) is 12.1. The monoisotopic (exact) mass is 283 g/mol. The third kappa shape index (κ3) is 4.18. The van der Waals surface area contributed by atoms with Crippen molar-refractivity contribution in [2.45, 2.75) is 13.0 Å². The van der Waals surface area contributed by atoms with E-state index in [0.29, 0.717) is 13.0 Å². The number of aliphatic hydroxyl groups excluding tert-OH is 1. The Bertz CT molecular complexity index is 652. The molecule has 1 heterocycles. The predicted molar refractivity (Wildman–Crippen MR) is 87.2 cm³/mol. The van der Waals surface area contributed by atoms with Crippen molar-refractivity contribution < 1.29 is 9.52 Å². The molecule has 1 aromatic heterocycles. The number of hydrogen-bond acceptors (Lipinski definition) is 3. The zero-order valence-electron chi connectivity index (χ0n) is 12.1. The van der Waals surface area contributed by atoms with Gasteiger partial charge in [0.15, 0.2) is 0 Å². The summed E-state index contributed by atoms with van der Waals surface area (Å²) in [5.74, 6) is 0.915. The van der Waals surface area contributed by atoms with Crippen molar-refractivity contribution in [1.82, 2.24) is 5.32 Å². The van der Waals surface area contributed by atoms with Gasteiger partial charge in [0.25, 0.3) is 0 Å². The Balaban J connectivity index is 2.15. The molecule has 0 unspecified atom stereocenters. The van der Waals surface area contributed by atoms with Crippen molar-refractivity contribution in [3.8, 4) is 0 Å². The SMILES string of the molecule is C=C/C=C(\C=C)Cc1cc2ccc(CNCCO)cc2o1. The molecule has 2 N–H and O–H groups in total. The quantitative estimate of drug-likeness (QED) is 0.577. The molecule has 2 rings (SSSR count). The summed E-state index contributed by atoms with van der Waals surface area (Å²) in [4.78, 5) is 0. The van der Waals surface area contributed by atoms with Crippen LogP contribution in [0.1, 0.15) is 11.3 Å². The van der Waals surface area contributed by atoms with Crippen molar-refractivity contribution in [2.24, 2.45) is 0 Å². The van der Waals surface area contributed by atoms with Gasteiger partial charge in [-0.3, -0.25) is 0 Å². The van der Waals surface area contributed by atoms with Crippen LogP contribution in [-0.4, -0.2) is 18.3 Å². The lowest BCUT2D eigenvalue weighted by Crippen LogP contribution is -2.17. The lowest BCUT2D eigenvalue weighted by molar-refractivity contribution is 0.292. The molecular formula is C18H21NO2. The van der Waals surface area contributed by atoms with Crippen molar-refractivity contribution in [3.05, 3.63) is 72.5 Å². The lowest BCUT2D eigenvalue weighted by atomic mass is 10.1. The standard InChI is InChI=1S/C18H21NO2/c1-3-5-14(4-2)10-17-12-16-7-6-15(11-18(16)21-17)13-19-8-9-20/h3-7,11-12,19-20H,1-2,8-10,13H2/b14-5+. The molecule has 3 nitrogen and oxygen atoms in total. The summed E-state index contributed by atoms with van der Waals surface area (Å²) >= 11 is 0. The van der Waals surface area contributed by atoms with E-state index in [9.17, 15) is 0 Å². The van der Waals surface area contributed by atoms with Gasteiger partial charge in [-0.25, -0.2) is 0 Å². The summed E-state index contributed by atoms with van der Waals surface area (Å²) in [6.45, 7) is 8.96. The highest BCUT2D eigenvalue weighted by Gasteiger charge is 2.06. The van der Waals surface area contributed by atoms with Crippen LogP contribution in [0.4, 0.5) is 0 Å². The Hall–Kier alpha value is -2.10. The van der Waals surface area contributed by atoms with Crippen LogP contribution < -0.4 is 5.32 Å². The smallest absolute Gasteiger partial charge is 0.134 e. The Morgan fingerprint density at radius 2 is 2.14 bits per heavy atom. The van der Waals surface area contributed by atoms with E-state index in [0.717, 1.165) is 34.4 Å². The first-order valence-electron chi connectivity index (χ1n) is 7.03. The Morgan fingerprint density at radius 1 is 1.29 bits per heavy atom. The Kier molecular flexibility index (Phi) is 5.55. The van der Waals surface area contributed by atoms with Crippen LogP contribution in [0, 0.1) is 0 Å². The van der Waals surface area contributed by atoms with Crippen LogP contribution in [0.25, 0.3) is 11.0 Å². The van der Waals surface area contributed by atoms with Gasteiger partial charge in [0, 0.05) is 24.9 Å². The number of nitrogens with one attached hydrogen (secondary N) is 1. The second-order valence-electron chi connectivity index (χ2n) is 4.84. The van der Waals surface area contributed by atoms with Crippen molar-refractivity contribution in [3.63, 3.8) is 0 Å². The maximum Gasteiger partial charge on any atom is 0.134 e. The topological polar surface area (TPSA) is 45.4 Å². The Labute approximate surface area is 125 Å². The predicted octanol–water partition coefficient (Wildman–Crippen LogP) is 3.36. The van der Waals surface area contributed by atoms with Gasteiger partial charge in [0.2, 0.25) is 0 Å². The highest BCUT2D eigenvalue weighted by Crippen LogP contribution is 2.23. The summed E-state index contributed by atoms with van der Waals surface area (Å²) in [5.41, 5.74) is 3.10. The van der Waals surface area contributed by atoms with Gasteiger partial charge in [-0.2, -0.15) is 0 Å². The van der Waals surface area contributed by atoms with Crippen LogP contribution in [0.2, 0.25) is 0 Å². The molecule has 0 saturated carbocycles. The van der Waals surface area contributed by atoms with Gasteiger partial charge in [-0.1, -0.05) is 43.5 Å². The van der Waals surface area contributed by atoms with E-state index in [4.69, 9.17) is 9.52 Å². The van der Waals surface area contributed by atoms with E-state index in [1.54, 1.807) is 6.08 Å². The van der Waals surface area contributed by atoms with E-state index in [-0.39, 0.29) is 6.61 Å². The second kappa shape index (κ2) is 7.62. The molecule has 0 atom stereocenters. The van der Waals surface area contributed by atoms with Crippen LogP contribution in [0.3, 0.4) is 0 Å². The third-order valence-corrected chi connectivity index (χ3v) is 3.23. The molecule has 1 aromatic carbocycles. The van der Waals surface area contributed by atoms with Crippen LogP contribution in [0.5, 0.6) is 0 Å². The average molecular weight is 283 g/mol. The van der Waals surface area contributed by atoms with Gasteiger partial charge in [0.1, 0.15) is 11.3 Å². The molecule has 21 heavy (non-hydrogen) atoms. The van der Waals surface area contributed by atoms with Crippen molar-refractivity contribution in [1.29, 1.82) is 0 Å². The number of aliphatic hydroxyl groups is 1. The minimum atomic E-state index is 0.146. The molecule has 0 aliphatic carbocycles. The normalized spacial score (nSPS) is 11.8. The summed E-state index contributed by atoms with van der Waals surface area (Å²) in [6, 6.07) is 8.22. The van der Waals surface area contributed by atoms with E-state index in [1.807, 2.05) is 18.2 Å². The molecule has 3 heteroatoms. The fraction of sp³-hybridized carbons (Fsp3) is 0.222. The molecule has 2 aromatic rings. The van der Waals surface area contributed by atoms with Gasteiger partial charge < -0.3 is 14.8 Å². The number of allylic oxidation sites excluding steroid dienone is 4. The van der Waals surface area contributed by atoms with E-state index < -0.39 is 0 Å². The van der Waals surface area contributed by atoms with Crippen LogP contribution in [-0.2, 0) is 13.0 Å². The maximum absolute atomic E-state index is 8.77. The summed E-state index contributed by atoms with van der Waals surface area (Å²) in [6.07, 6.45) is 6.22. The van der Waals surface area contributed by atoms with E-state index in [2.05, 4.69) is 36.7 Å². The Morgan fingerprint density at radius 3 is 2.86 bits per heavy atom. The first-order chi connectivity index (χ1) is 10.3. The van der Waals surface area contributed by atoms with Crippen LogP contribution in [0.15, 0.2) is 65.6 Å². The number of fused-ring (bicyclic) bond motifs is 1. The average Bonchev–Trinajstić information content (AvgIpc) is 2.88. The van der Waals surface area contributed by atoms with Crippen molar-refractivity contribution >= 4 is 11.0 Å². The molecule has 0 radical (unpaired) electrons. The molecule has 110 valence electrons. The minimum Gasteiger partial charge on any atom is -0.461 e. The molecule has 0 amide bonds. The first-order valence-corrected chi connectivity index (χ1v) is 7.03. The lowest BCUT2D eigenvalue weighted by Gasteiger charge is -2.02. The fourth-order valence-electron chi connectivity index (χ4n) is 2.19. The van der Waals surface area contributed by atoms with E-state index in [1.165, 1.54) is 0 Å². The molecule has 0 spiro atoms. The van der Waals surface area contributed by atoms with Crippen molar-refractivity contribution in [2.75, 3.05) is 13.2 Å². The van der Waals surface area contributed by atoms with Gasteiger partial charge in [-0.05, 0) is 23.3 Å². The van der Waals surface area contributed by atoms with Gasteiger partial charge in [-0.15, -0.1) is 0 Å². The molecule has 0 fully saturated rings. The highest BCUT2D eigenvalue weighted by atomic mass is 16.3. The molecule has 0 bridgehead atoms. The second-order valence-corrected chi connectivity index (χ2v) is 4.84. The van der Waals surface area contributed by atoms with Gasteiger partial charge in [0.05, 0.1) is 6.61 Å². The molecule has 0 aliphatic heterocycles. The number of furan rings is 1. The largest absolute Gasteiger partial charge is 0.461 e. The van der Waals surface area contributed by atoms with Gasteiger partial charge >= 0.3 is 0 Å². The highest BCUT2D eigenvalue weighted by molar-refractivity contribution is 5.78. The minimum absolute atomic E-state index is 0.146. The number of benzene rings is 1. The fourth-order valence-corrected chi connectivity index (χ4v) is 2.19. The molecule has 0 saturated heterocycles. The summed E-state index contributed by atoms with van der Waals surface area (Å²) in [7, 11) is 0. The maximum atomic E-state index is 8.77. The van der Waals surface area contributed by atoms with Crippen LogP contribution >= 0.6 is 0 Å². The third-order valence-electron chi connectivity index (χ3n) is 3.23.